The zero-order valence-corrected chi connectivity index (χ0v) is 11.5. The zero-order chi connectivity index (χ0) is 14.1. The molecule has 0 aromatic heterocycles. The van der Waals surface area contributed by atoms with Crippen LogP contribution in [0.1, 0.15) is 0 Å². The molecule has 1 heterocycles. The van der Waals surface area contributed by atoms with E-state index in [1.165, 1.54) is 11.1 Å². The maximum absolute atomic E-state index is 5.97. The number of hydrogen-bond acceptors (Lipinski definition) is 1. The third-order valence-electron chi connectivity index (χ3n) is 3.77. The summed E-state index contributed by atoms with van der Waals surface area (Å²) in [6, 6.07) is 26.9. The second-order valence-electron chi connectivity index (χ2n) is 5.06. The van der Waals surface area contributed by atoms with Crippen molar-refractivity contribution in [3.8, 4) is 33.6 Å². The Labute approximate surface area is 123 Å². The van der Waals surface area contributed by atoms with Gasteiger partial charge in [-0.15, -0.1) is 0 Å². The molecule has 21 heavy (non-hydrogen) atoms. The lowest BCUT2D eigenvalue weighted by atomic mass is 9.96. The fraction of sp³-hybridized carbons (Fsp3) is 0. The van der Waals surface area contributed by atoms with Crippen LogP contribution >= 0.6 is 0 Å². The summed E-state index contributed by atoms with van der Waals surface area (Å²) in [5.41, 5.74) is 5.80. The van der Waals surface area contributed by atoms with E-state index in [2.05, 4.69) is 54.6 Å². The van der Waals surface area contributed by atoms with Crippen molar-refractivity contribution in [1.82, 2.24) is 0 Å². The predicted octanol–water partition coefficient (Wildman–Crippen LogP) is 5.72. The molecule has 2 aromatic rings. The largest absolute Gasteiger partial charge is 0.463 e. The van der Waals surface area contributed by atoms with Crippen molar-refractivity contribution in [2.75, 3.05) is 0 Å². The minimum atomic E-state index is 0.926. The first-order valence-electron chi connectivity index (χ1n) is 7.04. The van der Waals surface area contributed by atoms with Crippen LogP contribution in [0.3, 0.4) is 0 Å². The zero-order valence-electron chi connectivity index (χ0n) is 11.5. The molecule has 0 unspecified atom stereocenters. The van der Waals surface area contributed by atoms with Crippen LogP contribution in [0.2, 0.25) is 0 Å². The van der Waals surface area contributed by atoms with Gasteiger partial charge in [0, 0.05) is 16.7 Å². The van der Waals surface area contributed by atoms with Crippen LogP contribution in [0.4, 0.5) is 0 Å². The highest BCUT2D eigenvalue weighted by molar-refractivity contribution is 5.90. The summed E-state index contributed by atoms with van der Waals surface area (Å²) in [5, 5.41) is 0. The molecule has 0 atom stereocenters. The van der Waals surface area contributed by atoms with Crippen molar-refractivity contribution in [2.45, 2.75) is 0 Å². The lowest BCUT2D eigenvalue weighted by molar-refractivity contribution is 0.569. The first-order valence-corrected chi connectivity index (χ1v) is 7.04. The Morgan fingerprint density at radius 3 is 1.81 bits per heavy atom. The van der Waals surface area contributed by atoms with E-state index >= 15 is 0 Å². The second kappa shape index (κ2) is 4.95. The topological polar surface area (TPSA) is 13.1 Å². The Morgan fingerprint density at radius 2 is 1.10 bits per heavy atom. The van der Waals surface area contributed by atoms with Crippen LogP contribution in [-0.2, 0) is 0 Å². The minimum absolute atomic E-state index is 0.926. The van der Waals surface area contributed by atoms with Gasteiger partial charge in [-0.1, -0.05) is 78.9 Å². The summed E-state index contributed by atoms with van der Waals surface area (Å²) in [5.74, 6) is 0.926. The van der Waals surface area contributed by atoms with Gasteiger partial charge in [0.2, 0.25) is 0 Å². The molecule has 0 N–H and O–H groups in total. The fourth-order valence-corrected chi connectivity index (χ4v) is 2.75. The minimum Gasteiger partial charge on any atom is -0.463 e. The third-order valence-corrected chi connectivity index (χ3v) is 3.77. The predicted molar refractivity (Wildman–Crippen MR) is 86.2 cm³/mol. The Balaban J connectivity index is 1.93. The average molecular weight is 270 g/mol. The normalized spacial score (nSPS) is 10.9. The van der Waals surface area contributed by atoms with Gasteiger partial charge < -0.3 is 4.42 Å². The first-order chi connectivity index (χ1) is 10.4. The summed E-state index contributed by atoms with van der Waals surface area (Å²) >= 11 is 0. The number of hydrogen-bond donors (Lipinski definition) is 0. The molecule has 0 bridgehead atoms. The average Bonchev–Trinajstić information content (AvgIpc) is 3.05. The van der Waals surface area contributed by atoms with Gasteiger partial charge in [-0.25, -0.2) is 0 Å². The molecule has 0 saturated heterocycles. The molecule has 1 aliphatic carbocycles. The standard InChI is InChI=1S/C20H14O/c1-3-8-15(9-4-1)19-14-21-20(16-10-5-2-6-11-16)18-13-7-12-17(18)19/h1-14H. The van der Waals surface area contributed by atoms with Crippen LogP contribution in [0.25, 0.3) is 33.6 Å². The van der Waals surface area contributed by atoms with Gasteiger partial charge in [0.1, 0.15) is 5.76 Å². The van der Waals surface area contributed by atoms with Gasteiger partial charge >= 0.3 is 0 Å². The molecule has 100 valence electrons. The molecule has 2 aliphatic rings. The Morgan fingerprint density at radius 1 is 0.476 bits per heavy atom. The lowest BCUT2D eigenvalue weighted by Gasteiger charge is -2.12. The summed E-state index contributed by atoms with van der Waals surface area (Å²) in [6.45, 7) is 0. The molecule has 0 amide bonds. The smallest absolute Gasteiger partial charge is 0.141 e. The van der Waals surface area contributed by atoms with E-state index in [-0.39, 0.29) is 0 Å². The van der Waals surface area contributed by atoms with Crippen molar-refractivity contribution >= 4 is 0 Å². The van der Waals surface area contributed by atoms with Gasteiger partial charge in [-0.05, 0) is 11.1 Å². The summed E-state index contributed by atoms with van der Waals surface area (Å²) < 4.78 is 5.97. The highest BCUT2D eigenvalue weighted by atomic mass is 16.3. The van der Waals surface area contributed by atoms with E-state index in [0.29, 0.717) is 0 Å². The Hall–Kier alpha value is -2.80. The second-order valence-corrected chi connectivity index (χ2v) is 5.06. The molecule has 0 saturated carbocycles. The molecule has 0 radical (unpaired) electrons. The summed E-state index contributed by atoms with van der Waals surface area (Å²) in [6.07, 6.45) is 1.86. The van der Waals surface area contributed by atoms with Crippen molar-refractivity contribution in [3.63, 3.8) is 0 Å². The van der Waals surface area contributed by atoms with Crippen LogP contribution < -0.4 is 0 Å². The van der Waals surface area contributed by atoms with Crippen LogP contribution in [-0.4, -0.2) is 0 Å². The Kier molecular flexibility index (Phi) is 2.82. The van der Waals surface area contributed by atoms with Crippen LogP contribution in [0.5, 0.6) is 0 Å². The van der Waals surface area contributed by atoms with E-state index in [4.69, 9.17) is 4.42 Å². The highest BCUT2D eigenvalue weighted by Gasteiger charge is 2.17. The number of fused-ring (bicyclic) bond motifs is 1. The van der Waals surface area contributed by atoms with E-state index in [9.17, 15) is 0 Å². The van der Waals surface area contributed by atoms with Crippen molar-refractivity contribution in [3.05, 3.63) is 85.1 Å². The molecule has 0 spiro atoms. The van der Waals surface area contributed by atoms with Gasteiger partial charge in [0.15, 0.2) is 0 Å². The van der Waals surface area contributed by atoms with Crippen molar-refractivity contribution in [1.29, 1.82) is 0 Å². The van der Waals surface area contributed by atoms with E-state index in [0.717, 1.165) is 22.5 Å². The van der Waals surface area contributed by atoms with Crippen LogP contribution in [0.15, 0.2) is 89.5 Å². The van der Waals surface area contributed by atoms with Crippen molar-refractivity contribution in [2.24, 2.45) is 0 Å². The van der Waals surface area contributed by atoms with Gasteiger partial charge in [-0.3, -0.25) is 0 Å². The van der Waals surface area contributed by atoms with E-state index < -0.39 is 0 Å². The van der Waals surface area contributed by atoms with Crippen molar-refractivity contribution < 1.29 is 4.42 Å². The highest BCUT2D eigenvalue weighted by Crippen LogP contribution is 2.40. The molecule has 0 fully saturated rings. The molecule has 1 nitrogen and oxygen atoms in total. The first kappa shape index (κ1) is 12.0. The molecule has 2 aromatic carbocycles. The van der Waals surface area contributed by atoms with Gasteiger partial charge in [0.05, 0.1) is 6.26 Å². The SMILES string of the molecule is c1ccc(-c2coc(-c3ccccc3)c3cccc2-3)cc1. The monoisotopic (exact) mass is 270 g/mol. The van der Waals surface area contributed by atoms with E-state index in [1.807, 2.05) is 30.5 Å². The maximum Gasteiger partial charge on any atom is 0.141 e. The quantitative estimate of drug-likeness (QED) is 0.454. The number of benzene rings is 2. The maximum atomic E-state index is 5.97. The number of rotatable bonds is 2. The third kappa shape index (κ3) is 2.03. The fourth-order valence-electron chi connectivity index (χ4n) is 2.75. The molecule has 1 aliphatic heterocycles. The Bertz CT molecular complexity index is 758. The summed E-state index contributed by atoms with van der Waals surface area (Å²) in [4.78, 5) is 0. The molecule has 1 heteroatoms. The van der Waals surface area contributed by atoms with Gasteiger partial charge in [-0.2, -0.15) is 0 Å². The van der Waals surface area contributed by atoms with Crippen LogP contribution in [0, 0.1) is 0 Å². The van der Waals surface area contributed by atoms with Gasteiger partial charge in [0.25, 0.3) is 0 Å². The molecular weight excluding hydrogens is 256 g/mol. The summed E-state index contributed by atoms with van der Waals surface area (Å²) in [7, 11) is 0. The van der Waals surface area contributed by atoms with E-state index in [1.54, 1.807) is 0 Å². The lowest BCUT2D eigenvalue weighted by Crippen LogP contribution is -1.87. The molecular formula is C20H14O. The molecule has 4 rings (SSSR count).